The van der Waals surface area contributed by atoms with Crippen LogP contribution in [0.15, 0.2) is 42.9 Å². The molecule has 3 aromatic rings. The molecule has 0 unspecified atom stereocenters. The van der Waals surface area contributed by atoms with E-state index in [0.717, 1.165) is 33.7 Å². The van der Waals surface area contributed by atoms with E-state index in [4.69, 9.17) is 4.74 Å². The molecule has 5 nitrogen and oxygen atoms in total. The third kappa shape index (κ3) is 2.70. The molecule has 0 radical (unpaired) electrons. The highest BCUT2D eigenvalue weighted by Crippen LogP contribution is 2.32. The van der Waals surface area contributed by atoms with Crippen LogP contribution in [0.4, 0.5) is 5.69 Å². The summed E-state index contributed by atoms with van der Waals surface area (Å²) in [6.45, 7) is 2.68. The van der Waals surface area contributed by atoms with Crippen LogP contribution in [0.2, 0.25) is 0 Å². The van der Waals surface area contributed by atoms with Crippen LogP contribution >= 0.6 is 0 Å². The van der Waals surface area contributed by atoms with Crippen molar-refractivity contribution in [2.24, 2.45) is 0 Å². The summed E-state index contributed by atoms with van der Waals surface area (Å²) < 4.78 is 5.43. The third-order valence-corrected chi connectivity index (χ3v) is 3.56. The van der Waals surface area contributed by atoms with E-state index in [0.29, 0.717) is 6.54 Å². The first-order chi connectivity index (χ1) is 10.7. The predicted octanol–water partition coefficient (Wildman–Crippen LogP) is 2.98. The molecule has 112 valence electrons. The van der Waals surface area contributed by atoms with Gasteiger partial charge in [0.05, 0.1) is 25.5 Å². The van der Waals surface area contributed by atoms with Gasteiger partial charge in [-0.3, -0.25) is 9.97 Å². The molecule has 1 aromatic carbocycles. The van der Waals surface area contributed by atoms with Crippen molar-refractivity contribution in [2.45, 2.75) is 13.5 Å². The van der Waals surface area contributed by atoms with Crippen molar-refractivity contribution in [3.8, 4) is 5.75 Å². The smallest absolute Gasteiger partial charge is 0.145 e. The third-order valence-electron chi connectivity index (χ3n) is 3.56. The molecule has 22 heavy (non-hydrogen) atoms. The van der Waals surface area contributed by atoms with Crippen LogP contribution in [-0.2, 0) is 6.54 Å². The normalized spacial score (nSPS) is 10.7. The fraction of sp³-hybridized carbons (Fsp3) is 0.235. The van der Waals surface area contributed by atoms with E-state index in [1.807, 2.05) is 26.1 Å². The Hall–Kier alpha value is -2.69. The molecule has 0 N–H and O–H groups in total. The SMILES string of the molecule is COc1cccc2c(N(C)Cc3cnccn3)cc(C)nc12. The Bertz CT molecular complexity index is 789. The van der Waals surface area contributed by atoms with Crippen LogP contribution in [0.1, 0.15) is 11.4 Å². The van der Waals surface area contributed by atoms with Crippen LogP contribution in [0.3, 0.4) is 0 Å². The molecular formula is C17H18N4O. The van der Waals surface area contributed by atoms with Gasteiger partial charge in [-0.15, -0.1) is 0 Å². The number of aromatic nitrogens is 3. The second kappa shape index (κ2) is 5.97. The maximum atomic E-state index is 5.43. The summed E-state index contributed by atoms with van der Waals surface area (Å²) in [5.74, 6) is 0.787. The highest BCUT2D eigenvalue weighted by molar-refractivity contribution is 5.95. The highest BCUT2D eigenvalue weighted by Gasteiger charge is 2.12. The average molecular weight is 294 g/mol. The Kier molecular flexibility index (Phi) is 3.87. The lowest BCUT2D eigenvalue weighted by Gasteiger charge is -2.21. The van der Waals surface area contributed by atoms with E-state index in [9.17, 15) is 0 Å². The van der Waals surface area contributed by atoms with Crippen molar-refractivity contribution in [3.63, 3.8) is 0 Å². The van der Waals surface area contributed by atoms with Crippen LogP contribution in [0, 0.1) is 6.92 Å². The average Bonchev–Trinajstić information content (AvgIpc) is 2.54. The van der Waals surface area contributed by atoms with Crippen molar-refractivity contribution >= 4 is 16.6 Å². The standard InChI is InChI=1S/C17H18N4O/c1-12-9-15(21(2)11-13-10-18-7-8-19-13)14-5-4-6-16(22-3)17(14)20-12/h4-10H,11H2,1-3H3. The minimum Gasteiger partial charge on any atom is -0.494 e. The molecule has 0 spiro atoms. The van der Waals surface area contributed by atoms with Gasteiger partial charge in [0.25, 0.3) is 0 Å². The lowest BCUT2D eigenvalue weighted by molar-refractivity contribution is 0.419. The van der Waals surface area contributed by atoms with Crippen molar-refractivity contribution in [2.75, 3.05) is 19.1 Å². The van der Waals surface area contributed by atoms with E-state index in [1.165, 1.54) is 0 Å². The number of pyridine rings is 1. The Morgan fingerprint density at radius 2 is 2.09 bits per heavy atom. The molecule has 0 aliphatic carbocycles. The minimum atomic E-state index is 0.684. The molecule has 0 fully saturated rings. The first-order valence-corrected chi connectivity index (χ1v) is 7.09. The van der Waals surface area contributed by atoms with Crippen molar-refractivity contribution in [1.29, 1.82) is 0 Å². The number of hydrogen-bond donors (Lipinski definition) is 0. The number of anilines is 1. The molecule has 2 aromatic heterocycles. The van der Waals surface area contributed by atoms with E-state index in [2.05, 4.69) is 32.0 Å². The number of benzene rings is 1. The summed E-state index contributed by atoms with van der Waals surface area (Å²) in [7, 11) is 3.71. The molecule has 0 aliphatic rings. The van der Waals surface area contributed by atoms with Crippen molar-refractivity contribution in [3.05, 3.63) is 54.2 Å². The summed E-state index contributed by atoms with van der Waals surface area (Å²) >= 11 is 0. The van der Waals surface area contributed by atoms with Crippen molar-refractivity contribution < 1.29 is 4.74 Å². The Morgan fingerprint density at radius 1 is 1.23 bits per heavy atom. The van der Waals surface area contributed by atoms with Crippen molar-refractivity contribution in [1.82, 2.24) is 15.0 Å². The van der Waals surface area contributed by atoms with Crippen LogP contribution in [0.25, 0.3) is 10.9 Å². The van der Waals surface area contributed by atoms with Gasteiger partial charge < -0.3 is 9.64 Å². The number of para-hydroxylation sites is 1. The lowest BCUT2D eigenvalue weighted by atomic mass is 10.1. The largest absolute Gasteiger partial charge is 0.494 e. The Morgan fingerprint density at radius 3 is 2.82 bits per heavy atom. The lowest BCUT2D eigenvalue weighted by Crippen LogP contribution is -2.18. The Balaban J connectivity index is 2.06. The van der Waals surface area contributed by atoms with E-state index >= 15 is 0 Å². The molecule has 0 bridgehead atoms. The number of nitrogens with zero attached hydrogens (tertiary/aromatic N) is 4. The summed E-state index contributed by atoms with van der Waals surface area (Å²) in [5.41, 5.74) is 3.87. The molecule has 0 aliphatic heterocycles. The molecule has 0 saturated heterocycles. The maximum absolute atomic E-state index is 5.43. The van der Waals surface area contributed by atoms with Gasteiger partial charge in [0.15, 0.2) is 0 Å². The molecular weight excluding hydrogens is 276 g/mol. The zero-order valence-corrected chi connectivity index (χ0v) is 12.9. The van der Waals surface area contributed by atoms with Gasteiger partial charge >= 0.3 is 0 Å². The first kappa shape index (κ1) is 14.3. The predicted molar refractivity (Wildman–Crippen MR) is 87.2 cm³/mol. The molecule has 5 heteroatoms. The van der Waals surface area contributed by atoms with E-state index in [1.54, 1.807) is 25.7 Å². The molecule has 2 heterocycles. The number of aryl methyl sites for hydroxylation is 1. The summed E-state index contributed by atoms with van der Waals surface area (Å²) in [6, 6.07) is 8.06. The fourth-order valence-corrected chi connectivity index (χ4v) is 2.55. The monoisotopic (exact) mass is 294 g/mol. The van der Waals surface area contributed by atoms with Gasteiger partial charge in [-0.05, 0) is 19.1 Å². The van der Waals surface area contributed by atoms with Gasteiger partial charge in [-0.1, -0.05) is 12.1 Å². The summed E-state index contributed by atoms with van der Waals surface area (Å²) in [4.78, 5) is 15.2. The molecule has 3 rings (SSSR count). The highest BCUT2D eigenvalue weighted by atomic mass is 16.5. The van der Waals surface area contributed by atoms with Crippen LogP contribution < -0.4 is 9.64 Å². The second-order valence-corrected chi connectivity index (χ2v) is 5.19. The first-order valence-electron chi connectivity index (χ1n) is 7.09. The summed E-state index contributed by atoms with van der Waals surface area (Å²) in [6.07, 6.45) is 5.18. The zero-order chi connectivity index (χ0) is 15.5. The number of ether oxygens (including phenoxy) is 1. The zero-order valence-electron chi connectivity index (χ0n) is 12.9. The molecule has 0 saturated carbocycles. The second-order valence-electron chi connectivity index (χ2n) is 5.19. The quantitative estimate of drug-likeness (QED) is 0.740. The fourth-order valence-electron chi connectivity index (χ4n) is 2.55. The van der Waals surface area contributed by atoms with Crippen LogP contribution in [0.5, 0.6) is 5.75 Å². The van der Waals surface area contributed by atoms with E-state index < -0.39 is 0 Å². The Labute approximate surface area is 129 Å². The summed E-state index contributed by atoms with van der Waals surface area (Å²) in [5, 5.41) is 1.07. The topological polar surface area (TPSA) is 51.1 Å². The van der Waals surface area contributed by atoms with Crippen LogP contribution in [-0.4, -0.2) is 29.1 Å². The van der Waals surface area contributed by atoms with Gasteiger partial charge in [0.2, 0.25) is 0 Å². The minimum absolute atomic E-state index is 0.684. The molecule has 0 atom stereocenters. The maximum Gasteiger partial charge on any atom is 0.145 e. The van der Waals surface area contributed by atoms with Gasteiger partial charge in [-0.2, -0.15) is 0 Å². The number of fused-ring (bicyclic) bond motifs is 1. The number of hydrogen-bond acceptors (Lipinski definition) is 5. The van der Waals surface area contributed by atoms with E-state index in [-0.39, 0.29) is 0 Å². The molecule has 0 amide bonds. The van der Waals surface area contributed by atoms with Gasteiger partial charge in [0.1, 0.15) is 11.3 Å². The van der Waals surface area contributed by atoms with Gasteiger partial charge in [0, 0.05) is 36.2 Å². The number of methoxy groups -OCH3 is 1. The van der Waals surface area contributed by atoms with Gasteiger partial charge in [-0.25, -0.2) is 4.98 Å². The number of rotatable bonds is 4.